The van der Waals surface area contributed by atoms with E-state index >= 15 is 0 Å². The smallest absolute Gasteiger partial charge is 0.147 e. The highest BCUT2D eigenvalue weighted by Crippen LogP contribution is 2.38. The third-order valence-corrected chi connectivity index (χ3v) is 9.58. The first-order valence-corrected chi connectivity index (χ1v) is 17.2. The molecular weight excluding hydrogens is 641 g/mol. The number of hydrogen-bond donors (Lipinski definition) is 7. The largest absolute Gasteiger partial charge is 0.505 e. The van der Waals surface area contributed by atoms with Gasteiger partial charge < -0.3 is 51.9 Å². The van der Waals surface area contributed by atoms with Crippen LogP contribution in [0.3, 0.4) is 0 Å². The van der Waals surface area contributed by atoms with E-state index < -0.39 is 0 Å². The van der Waals surface area contributed by atoms with E-state index in [9.17, 15) is 5.11 Å². The zero-order valence-electron chi connectivity index (χ0n) is 27.5. The number of rotatable bonds is 10. The third-order valence-electron chi connectivity index (χ3n) is 8.04. The molecular formula is C33H50N6O6S2. The van der Waals surface area contributed by atoms with Gasteiger partial charge in [0.25, 0.3) is 0 Å². The number of phenolic OH excluding ortho intramolecular Hbond substituents is 1. The summed E-state index contributed by atoms with van der Waals surface area (Å²) in [6.45, 7) is 6.51. The van der Waals surface area contributed by atoms with Crippen LogP contribution in [0.5, 0.6) is 5.75 Å². The molecule has 14 heteroatoms. The van der Waals surface area contributed by atoms with Crippen molar-refractivity contribution in [1.82, 2.24) is 9.80 Å². The zero-order valence-corrected chi connectivity index (χ0v) is 29.1. The van der Waals surface area contributed by atoms with Gasteiger partial charge in [0.2, 0.25) is 0 Å². The number of aromatic hydroxyl groups is 1. The maximum absolute atomic E-state index is 9.79. The number of β-amino-alcohol motifs (C(OH)–C–C–N with tert-alkyl or cyclic N) is 1. The molecule has 11 N–H and O–H groups in total. The predicted molar refractivity (Wildman–Crippen MR) is 194 cm³/mol. The quantitative estimate of drug-likeness (QED) is 0.108. The minimum atomic E-state index is -0.0450. The van der Waals surface area contributed by atoms with Crippen molar-refractivity contribution in [2.75, 3.05) is 84.4 Å². The number of anilines is 2. The van der Waals surface area contributed by atoms with Gasteiger partial charge in [-0.3, -0.25) is 9.80 Å². The first kappa shape index (κ1) is 38.2. The van der Waals surface area contributed by atoms with Crippen molar-refractivity contribution in [3.63, 3.8) is 0 Å². The second-order valence-electron chi connectivity index (χ2n) is 11.1. The predicted octanol–water partition coefficient (Wildman–Crippen LogP) is 3.88. The van der Waals surface area contributed by atoms with Gasteiger partial charge in [-0.15, -0.1) is 11.8 Å². The molecule has 0 radical (unpaired) electrons. The monoisotopic (exact) mass is 690 g/mol. The van der Waals surface area contributed by atoms with Crippen molar-refractivity contribution >= 4 is 46.0 Å². The maximum atomic E-state index is 9.79. The van der Waals surface area contributed by atoms with Crippen LogP contribution < -0.4 is 22.9 Å². The van der Waals surface area contributed by atoms with E-state index in [1.165, 1.54) is 4.91 Å². The number of methoxy groups -OCH3 is 3. The topological polar surface area (TPSA) is 199 Å². The van der Waals surface area contributed by atoms with E-state index in [1.54, 1.807) is 45.6 Å². The molecule has 47 heavy (non-hydrogen) atoms. The summed E-state index contributed by atoms with van der Waals surface area (Å²) < 4.78 is 24.4. The maximum Gasteiger partial charge on any atom is 0.147 e. The number of piperazine rings is 1. The Hall–Kier alpha value is -3.24. The second kappa shape index (κ2) is 19.5. The Morgan fingerprint density at radius 3 is 2.19 bits per heavy atom. The average Bonchev–Trinajstić information content (AvgIpc) is 3.08. The molecule has 0 bridgehead atoms. The normalized spacial score (nSPS) is 18.7. The highest BCUT2D eigenvalue weighted by molar-refractivity contribution is 8.03. The summed E-state index contributed by atoms with van der Waals surface area (Å²) in [6.07, 6.45) is 8.70. The summed E-state index contributed by atoms with van der Waals surface area (Å²) in [5.74, 6) is 2.82. The zero-order chi connectivity index (χ0) is 34.3. The molecule has 1 fully saturated rings. The van der Waals surface area contributed by atoms with Crippen molar-refractivity contribution in [2.45, 2.75) is 30.3 Å². The van der Waals surface area contributed by atoms with Crippen LogP contribution in [-0.2, 0) is 14.2 Å². The average molecular weight is 691 g/mol. The van der Waals surface area contributed by atoms with Crippen LogP contribution in [0.2, 0.25) is 0 Å². The van der Waals surface area contributed by atoms with Crippen LogP contribution in [0, 0.1) is 0 Å². The van der Waals surface area contributed by atoms with E-state index in [0.717, 1.165) is 86.9 Å². The van der Waals surface area contributed by atoms with Crippen LogP contribution in [-0.4, -0.2) is 104 Å². The summed E-state index contributed by atoms with van der Waals surface area (Å²) in [6, 6.07) is 6.84. The lowest BCUT2D eigenvalue weighted by Gasteiger charge is -2.34. The first-order chi connectivity index (χ1) is 22.6. The number of thioether (sulfide) groups is 1. The molecule has 12 nitrogen and oxygen atoms in total. The van der Waals surface area contributed by atoms with Gasteiger partial charge in [-0.1, -0.05) is 12.1 Å². The standard InChI is InChI=1S/C15H27N3O2S.C10H10N2O2S.C8H13NO2/c1-20-15-3-2-13(12-14(15)16)21-11-9-18-6-4-17(5-7-18)8-10-19;11-6-2-1-5-3-8(15-14)9(12)10(13)7(5)4-6;1-10-6-3-4-8(11-2)7(9)5-6/h2,12,15,19H,3-11,16H2,1H3;1-4,13-14H,11-12H2;5H,3-4,9H2,1-2H3. The SMILES string of the molecule is COC1=CC(N)=C(OC)CC1.COC1CC=C(SCCN2CCN(CCO)CC2)C=C1N.Nc1ccc2cc(SO)c(N)c(O)c2c1. The molecule has 0 saturated carbocycles. The van der Waals surface area contributed by atoms with E-state index in [1.807, 2.05) is 23.9 Å². The number of hydrogen-bond acceptors (Lipinski definition) is 14. The Balaban J connectivity index is 0.000000202. The lowest BCUT2D eigenvalue weighted by Crippen LogP contribution is -2.47. The fourth-order valence-electron chi connectivity index (χ4n) is 5.23. The molecule has 260 valence electrons. The first-order valence-electron chi connectivity index (χ1n) is 15.4. The van der Waals surface area contributed by atoms with Gasteiger partial charge in [-0.05, 0) is 36.1 Å². The molecule has 3 aliphatic rings. The molecule has 1 unspecified atom stereocenters. The van der Waals surface area contributed by atoms with Crippen molar-refractivity contribution in [3.05, 3.63) is 70.3 Å². The molecule has 2 aromatic carbocycles. The molecule has 5 rings (SSSR count). The number of fused-ring (bicyclic) bond motifs is 1. The minimum absolute atomic E-state index is 0.0450. The number of ether oxygens (including phenoxy) is 3. The number of nitrogen functional groups attached to an aromatic ring is 2. The summed E-state index contributed by atoms with van der Waals surface area (Å²) in [5.41, 5.74) is 25.1. The van der Waals surface area contributed by atoms with Crippen LogP contribution >= 0.6 is 23.8 Å². The molecule has 0 spiro atoms. The lowest BCUT2D eigenvalue weighted by molar-refractivity contribution is 0.117. The number of aliphatic hydroxyl groups excluding tert-OH is 1. The number of allylic oxidation sites excluding steroid dienone is 4. The third kappa shape index (κ3) is 11.5. The summed E-state index contributed by atoms with van der Waals surface area (Å²) >= 11 is 2.38. The van der Waals surface area contributed by atoms with E-state index in [4.69, 9.17) is 46.8 Å². The Labute approximate surface area is 286 Å². The fraction of sp³-hybridized carbons (Fsp3) is 0.455. The number of nitrogens with zero attached hydrogens (tertiary/aromatic N) is 2. The molecule has 1 saturated heterocycles. The van der Waals surface area contributed by atoms with Gasteiger partial charge in [0.05, 0.1) is 49.0 Å². The number of nitrogens with two attached hydrogens (primary N) is 4. The van der Waals surface area contributed by atoms with Crippen molar-refractivity contribution in [3.8, 4) is 5.75 Å². The molecule has 1 aliphatic heterocycles. The Kier molecular flexibility index (Phi) is 15.9. The van der Waals surface area contributed by atoms with E-state index in [2.05, 4.69) is 15.9 Å². The van der Waals surface area contributed by atoms with Crippen molar-refractivity contribution in [2.24, 2.45) is 11.5 Å². The Morgan fingerprint density at radius 1 is 0.915 bits per heavy atom. The number of benzene rings is 2. The Morgan fingerprint density at radius 2 is 1.62 bits per heavy atom. The van der Waals surface area contributed by atoms with Crippen LogP contribution in [0.1, 0.15) is 19.3 Å². The van der Waals surface area contributed by atoms with Crippen molar-refractivity contribution in [1.29, 1.82) is 0 Å². The molecule has 2 aliphatic carbocycles. The summed E-state index contributed by atoms with van der Waals surface area (Å²) in [7, 11) is 4.98. The van der Waals surface area contributed by atoms with E-state index in [0.29, 0.717) is 33.7 Å². The highest BCUT2D eigenvalue weighted by atomic mass is 32.2. The highest BCUT2D eigenvalue weighted by Gasteiger charge is 2.18. The molecule has 0 amide bonds. The van der Waals surface area contributed by atoms with Crippen LogP contribution in [0.4, 0.5) is 11.4 Å². The molecule has 1 heterocycles. The van der Waals surface area contributed by atoms with Gasteiger partial charge >= 0.3 is 0 Å². The van der Waals surface area contributed by atoms with Gasteiger partial charge in [-0.2, -0.15) is 0 Å². The number of aliphatic hydroxyl groups is 1. The minimum Gasteiger partial charge on any atom is -0.505 e. The molecule has 0 aromatic heterocycles. The van der Waals surface area contributed by atoms with Gasteiger partial charge in [0, 0.05) is 105 Å². The Bertz CT molecular complexity index is 1440. The van der Waals surface area contributed by atoms with Gasteiger partial charge in [0.15, 0.2) is 0 Å². The van der Waals surface area contributed by atoms with Crippen LogP contribution in [0.15, 0.2) is 75.2 Å². The summed E-state index contributed by atoms with van der Waals surface area (Å²) in [4.78, 5) is 6.51. The molecule has 2 aromatic rings. The van der Waals surface area contributed by atoms with E-state index in [-0.39, 0.29) is 24.1 Å². The van der Waals surface area contributed by atoms with Crippen molar-refractivity contribution < 1.29 is 29.0 Å². The van der Waals surface area contributed by atoms with Gasteiger partial charge in [0.1, 0.15) is 11.5 Å². The lowest BCUT2D eigenvalue weighted by atomic mass is 10.1. The summed E-state index contributed by atoms with van der Waals surface area (Å²) in [5, 5.41) is 20.1. The second-order valence-corrected chi connectivity index (χ2v) is 12.9. The fourth-order valence-corrected chi connectivity index (χ4v) is 6.62. The van der Waals surface area contributed by atoms with Gasteiger partial charge in [-0.25, -0.2) is 0 Å². The number of phenols is 1. The van der Waals surface area contributed by atoms with Crippen LogP contribution in [0.25, 0.3) is 10.8 Å². The molecule has 1 atom stereocenters.